The van der Waals surface area contributed by atoms with Crippen LogP contribution in [-0.2, 0) is 9.53 Å². The molecule has 1 saturated heterocycles. The first-order valence-corrected chi connectivity index (χ1v) is 8.24. The number of carbonyl (C=O) groups excluding carboxylic acids is 1. The molecule has 0 aromatic carbocycles. The summed E-state index contributed by atoms with van der Waals surface area (Å²) in [6, 6.07) is 0. The quantitative estimate of drug-likeness (QED) is 0.759. The zero-order valence-corrected chi connectivity index (χ0v) is 13.6. The largest absolute Gasteiger partial charge is 0.392 e. The Labute approximate surface area is 125 Å². The van der Waals surface area contributed by atoms with E-state index in [-0.39, 0.29) is 16.8 Å². The standard InChI is InChI=1S/C13H24N2O2S2/c1-10(17-2)4-5-11(16)15-8-6-13(19-3,7-9-15)12(14)18/h10H,4-9H2,1-3H3,(H2,14,18). The van der Waals surface area contributed by atoms with Gasteiger partial charge in [0.05, 0.1) is 15.8 Å². The molecule has 4 nitrogen and oxygen atoms in total. The molecule has 0 aliphatic carbocycles. The topological polar surface area (TPSA) is 55.6 Å². The number of ether oxygens (including phenoxy) is 1. The summed E-state index contributed by atoms with van der Waals surface area (Å²) >= 11 is 6.88. The number of nitrogens with zero attached hydrogens (tertiary/aromatic N) is 1. The molecular formula is C13H24N2O2S2. The number of amides is 1. The van der Waals surface area contributed by atoms with Crippen LogP contribution in [0.1, 0.15) is 32.6 Å². The van der Waals surface area contributed by atoms with Crippen molar-refractivity contribution >= 4 is 34.9 Å². The highest BCUT2D eigenvalue weighted by molar-refractivity contribution is 8.02. The maximum Gasteiger partial charge on any atom is 0.222 e. The molecule has 110 valence electrons. The first kappa shape index (κ1) is 16.7. The van der Waals surface area contributed by atoms with Crippen LogP contribution in [0, 0.1) is 0 Å². The van der Waals surface area contributed by atoms with Gasteiger partial charge in [0, 0.05) is 26.6 Å². The minimum atomic E-state index is -0.119. The van der Waals surface area contributed by atoms with Crippen molar-refractivity contribution in [2.75, 3.05) is 26.5 Å². The fraction of sp³-hybridized carbons (Fsp3) is 0.846. The summed E-state index contributed by atoms with van der Waals surface area (Å²) in [5.41, 5.74) is 5.84. The molecule has 2 N–H and O–H groups in total. The minimum Gasteiger partial charge on any atom is -0.392 e. The van der Waals surface area contributed by atoms with Gasteiger partial charge < -0.3 is 15.4 Å². The number of methoxy groups -OCH3 is 1. The predicted octanol–water partition coefficient (Wildman–Crippen LogP) is 1.81. The molecule has 1 aliphatic rings. The van der Waals surface area contributed by atoms with Crippen molar-refractivity contribution in [3.63, 3.8) is 0 Å². The SMILES string of the molecule is COC(C)CCC(=O)N1CCC(SC)(C(N)=S)CC1. The molecule has 0 aromatic rings. The lowest BCUT2D eigenvalue weighted by molar-refractivity contribution is -0.132. The summed E-state index contributed by atoms with van der Waals surface area (Å²) in [6.07, 6.45) is 5.21. The van der Waals surface area contributed by atoms with Crippen molar-refractivity contribution in [2.45, 2.75) is 43.5 Å². The van der Waals surface area contributed by atoms with Crippen LogP contribution < -0.4 is 5.73 Å². The van der Waals surface area contributed by atoms with Crippen LogP contribution in [0.2, 0.25) is 0 Å². The smallest absolute Gasteiger partial charge is 0.222 e. The Kier molecular flexibility index (Phi) is 6.56. The lowest BCUT2D eigenvalue weighted by Crippen LogP contribution is -2.50. The second-order valence-corrected chi connectivity index (χ2v) is 6.66. The lowest BCUT2D eigenvalue weighted by Gasteiger charge is -2.40. The maximum atomic E-state index is 12.1. The van der Waals surface area contributed by atoms with E-state index in [4.69, 9.17) is 22.7 Å². The number of nitrogens with two attached hydrogens (primary N) is 1. The number of likely N-dealkylation sites (tertiary alicyclic amines) is 1. The molecule has 0 radical (unpaired) electrons. The van der Waals surface area contributed by atoms with Gasteiger partial charge in [-0.25, -0.2) is 0 Å². The molecule has 1 fully saturated rings. The third-order valence-corrected chi connectivity index (χ3v) is 5.86. The highest BCUT2D eigenvalue weighted by Crippen LogP contribution is 2.35. The van der Waals surface area contributed by atoms with Crippen molar-refractivity contribution < 1.29 is 9.53 Å². The van der Waals surface area contributed by atoms with Crippen LogP contribution in [-0.4, -0.2) is 53.1 Å². The van der Waals surface area contributed by atoms with E-state index in [0.717, 1.165) is 32.4 Å². The zero-order chi connectivity index (χ0) is 14.5. The number of piperidine rings is 1. The highest BCUT2D eigenvalue weighted by atomic mass is 32.2. The van der Waals surface area contributed by atoms with Gasteiger partial charge in [-0.05, 0) is 32.4 Å². The first-order chi connectivity index (χ1) is 8.95. The molecule has 1 aliphatic heterocycles. The number of rotatable bonds is 6. The molecule has 1 atom stereocenters. The normalized spacial score (nSPS) is 20.1. The molecule has 0 saturated carbocycles. The molecule has 0 aromatic heterocycles. The number of thiocarbonyl (C=S) groups is 1. The molecule has 1 heterocycles. The van der Waals surface area contributed by atoms with Gasteiger partial charge in [-0.3, -0.25) is 4.79 Å². The van der Waals surface area contributed by atoms with Gasteiger partial charge in [-0.15, -0.1) is 0 Å². The Hall–Kier alpha value is -0.330. The fourth-order valence-corrected chi connectivity index (χ4v) is 3.52. The van der Waals surface area contributed by atoms with E-state index in [9.17, 15) is 4.79 Å². The summed E-state index contributed by atoms with van der Waals surface area (Å²) in [5, 5.41) is 0. The van der Waals surface area contributed by atoms with Gasteiger partial charge in [-0.2, -0.15) is 11.8 Å². The van der Waals surface area contributed by atoms with Gasteiger partial charge in [0.15, 0.2) is 0 Å². The van der Waals surface area contributed by atoms with Crippen molar-refractivity contribution in [3.8, 4) is 0 Å². The number of hydrogen-bond acceptors (Lipinski definition) is 4. The molecule has 19 heavy (non-hydrogen) atoms. The molecule has 0 spiro atoms. The van der Waals surface area contributed by atoms with E-state index in [0.29, 0.717) is 11.4 Å². The van der Waals surface area contributed by atoms with E-state index in [1.807, 2.05) is 18.1 Å². The van der Waals surface area contributed by atoms with E-state index in [2.05, 4.69) is 0 Å². The molecule has 0 bridgehead atoms. The second kappa shape index (κ2) is 7.45. The van der Waals surface area contributed by atoms with Crippen LogP contribution >= 0.6 is 24.0 Å². The molecule has 6 heteroatoms. The van der Waals surface area contributed by atoms with E-state index in [1.54, 1.807) is 18.9 Å². The zero-order valence-electron chi connectivity index (χ0n) is 12.0. The summed E-state index contributed by atoms with van der Waals surface area (Å²) in [6.45, 7) is 3.48. The Morgan fingerprint density at radius 1 is 1.53 bits per heavy atom. The predicted molar refractivity (Wildman–Crippen MR) is 84.6 cm³/mol. The number of thioether (sulfide) groups is 1. The van der Waals surface area contributed by atoms with E-state index < -0.39 is 0 Å². The average molecular weight is 304 g/mol. The molecular weight excluding hydrogens is 280 g/mol. The van der Waals surface area contributed by atoms with Gasteiger partial charge in [-0.1, -0.05) is 12.2 Å². The van der Waals surface area contributed by atoms with Gasteiger partial charge in [0.1, 0.15) is 0 Å². The van der Waals surface area contributed by atoms with E-state index in [1.165, 1.54) is 0 Å². The Morgan fingerprint density at radius 2 is 2.11 bits per heavy atom. The first-order valence-electron chi connectivity index (χ1n) is 6.61. The number of hydrogen-bond donors (Lipinski definition) is 1. The van der Waals surface area contributed by atoms with Crippen LogP contribution in [0.25, 0.3) is 0 Å². The Morgan fingerprint density at radius 3 is 2.53 bits per heavy atom. The van der Waals surface area contributed by atoms with Crippen molar-refractivity contribution in [1.29, 1.82) is 0 Å². The van der Waals surface area contributed by atoms with Gasteiger partial charge in [0.2, 0.25) is 5.91 Å². The Balaban J connectivity index is 2.45. The molecule has 1 unspecified atom stereocenters. The third kappa shape index (κ3) is 4.33. The Bertz CT molecular complexity index is 329. The number of carbonyl (C=O) groups is 1. The summed E-state index contributed by atoms with van der Waals surface area (Å²) in [4.78, 5) is 14.6. The van der Waals surface area contributed by atoms with E-state index >= 15 is 0 Å². The van der Waals surface area contributed by atoms with Crippen LogP contribution in [0.15, 0.2) is 0 Å². The fourth-order valence-electron chi connectivity index (χ4n) is 2.27. The molecule has 1 rings (SSSR count). The van der Waals surface area contributed by atoms with Crippen LogP contribution in [0.4, 0.5) is 0 Å². The maximum absolute atomic E-state index is 12.1. The van der Waals surface area contributed by atoms with Crippen LogP contribution in [0.3, 0.4) is 0 Å². The third-order valence-electron chi connectivity index (χ3n) is 3.93. The van der Waals surface area contributed by atoms with Crippen molar-refractivity contribution in [3.05, 3.63) is 0 Å². The second-order valence-electron chi connectivity index (χ2n) is 5.03. The summed E-state index contributed by atoms with van der Waals surface area (Å²) < 4.78 is 5.04. The van der Waals surface area contributed by atoms with Gasteiger partial charge >= 0.3 is 0 Å². The lowest BCUT2D eigenvalue weighted by atomic mass is 9.95. The van der Waals surface area contributed by atoms with Crippen molar-refractivity contribution in [2.24, 2.45) is 5.73 Å². The minimum absolute atomic E-state index is 0.119. The average Bonchev–Trinajstić information content (AvgIpc) is 2.44. The van der Waals surface area contributed by atoms with Crippen LogP contribution in [0.5, 0.6) is 0 Å². The monoisotopic (exact) mass is 304 g/mol. The van der Waals surface area contributed by atoms with Gasteiger partial charge in [0.25, 0.3) is 0 Å². The summed E-state index contributed by atoms with van der Waals surface area (Å²) in [5.74, 6) is 0.210. The summed E-state index contributed by atoms with van der Waals surface area (Å²) in [7, 11) is 1.67. The molecule has 1 amide bonds. The highest BCUT2D eigenvalue weighted by Gasteiger charge is 2.37. The van der Waals surface area contributed by atoms with Crippen molar-refractivity contribution in [1.82, 2.24) is 4.90 Å².